The SMILES string of the molecule is Cc1noc(N=Nc2cc(O)c(N(C)C)c(N=Nc3nccs3)c2)n1. The largest absolute Gasteiger partial charge is 0.506 e. The first kappa shape index (κ1) is 16.6. The van der Waals surface area contributed by atoms with Crippen LogP contribution in [-0.2, 0) is 0 Å². The molecule has 0 aliphatic rings. The number of nitrogens with zero attached hydrogens (tertiary/aromatic N) is 8. The van der Waals surface area contributed by atoms with Gasteiger partial charge >= 0.3 is 6.01 Å². The van der Waals surface area contributed by atoms with Crippen molar-refractivity contribution in [2.24, 2.45) is 20.5 Å². The highest BCUT2D eigenvalue weighted by Gasteiger charge is 2.13. The lowest BCUT2D eigenvalue weighted by atomic mass is 10.2. The zero-order valence-electron chi connectivity index (χ0n) is 13.7. The maximum Gasteiger partial charge on any atom is 0.366 e. The van der Waals surface area contributed by atoms with Gasteiger partial charge in [0.05, 0.1) is 5.69 Å². The van der Waals surface area contributed by atoms with Crippen LogP contribution >= 0.6 is 11.3 Å². The summed E-state index contributed by atoms with van der Waals surface area (Å²) in [6.45, 7) is 1.68. The molecule has 0 saturated carbocycles. The Hall–Kier alpha value is -3.21. The zero-order valence-corrected chi connectivity index (χ0v) is 14.5. The van der Waals surface area contributed by atoms with Gasteiger partial charge in [-0.15, -0.1) is 26.7 Å². The summed E-state index contributed by atoms with van der Waals surface area (Å²) in [5, 5.41) is 32.3. The second-order valence-electron chi connectivity index (χ2n) is 5.07. The van der Waals surface area contributed by atoms with E-state index in [0.717, 1.165) is 0 Å². The quantitative estimate of drug-likeness (QED) is 0.672. The van der Waals surface area contributed by atoms with Crippen LogP contribution in [0.5, 0.6) is 5.75 Å². The maximum atomic E-state index is 10.3. The molecule has 0 atom stereocenters. The second-order valence-corrected chi connectivity index (χ2v) is 5.94. The number of rotatable bonds is 5. The van der Waals surface area contributed by atoms with Gasteiger partial charge in [-0.3, -0.25) is 0 Å². The van der Waals surface area contributed by atoms with E-state index in [2.05, 4.69) is 35.6 Å². The standard InChI is InChI=1S/C14H14N8O2S/c1-8-16-13(24-21-8)19-17-9-6-10(12(22(2)3)11(23)7-9)18-20-14-15-4-5-25-14/h4-7,23H,1-3H3. The predicted molar refractivity (Wildman–Crippen MR) is 91.9 cm³/mol. The Bertz CT molecular complexity index is 917. The summed E-state index contributed by atoms with van der Waals surface area (Å²) < 4.78 is 4.86. The van der Waals surface area contributed by atoms with Crippen molar-refractivity contribution in [2.45, 2.75) is 6.92 Å². The number of aromatic hydroxyl groups is 1. The molecule has 0 radical (unpaired) electrons. The van der Waals surface area contributed by atoms with Crippen molar-refractivity contribution in [1.29, 1.82) is 0 Å². The number of phenols is 1. The van der Waals surface area contributed by atoms with Crippen molar-refractivity contribution in [3.05, 3.63) is 29.5 Å². The van der Waals surface area contributed by atoms with Gasteiger partial charge in [0.2, 0.25) is 5.13 Å². The van der Waals surface area contributed by atoms with Crippen LogP contribution in [0.3, 0.4) is 0 Å². The molecule has 0 bridgehead atoms. The monoisotopic (exact) mass is 358 g/mol. The summed E-state index contributed by atoms with van der Waals surface area (Å²) in [6, 6.07) is 3.13. The average Bonchev–Trinajstić information content (AvgIpc) is 3.21. The molecule has 3 rings (SSSR count). The molecule has 0 aliphatic carbocycles. The fourth-order valence-corrected chi connectivity index (χ4v) is 2.42. The number of benzene rings is 1. The minimum absolute atomic E-state index is 0.00347. The minimum atomic E-state index is -0.00347. The number of azo groups is 2. The van der Waals surface area contributed by atoms with E-state index >= 15 is 0 Å². The molecule has 0 amide bonds. The molecule has 128 valence electrons. The van der Waals surface area contributed by atoms with Gasteiger partial charge < -0.3 is 14.5 Å². The molecule has 11 heteroatoms. The van der Waals surface area contributed by atoms with E-state index in [9.17, 15) is 5.11 Å². The van der Waals surface area contributed by atoms with Gasteiger partial charge in [0.15, 0.2) is 5.82 Å². The summed E-state index contributed by atoms with van der Waals surface area (Å²) in [7, 11) is 3.58. The van der Waals surface area contributed by atoms with Crippen LogP contribution in [0.25, 0.3) is 0 Å². The number of hydrogen-bond donors (Lipinski definition) is 1. The lowest BCUT2D eigenvalue weighted by Gasteiger charge is -2.16. The van der Waals surface area contributed by atoms with Gasteiger partial charge in [-0.25, -0.2) is 4.98 Å². The smallest absolute Gasteiger partial charge is 0.366 e. The summed E-state index contributed by atoms with van der Waals surface area (Å²) in [5.74, 6) is 0.453. The van der Waals surface area contributed by atoms with Gasteiger partial charge in [0, 0.05) is 31.7 Å². The van der Waals surface area contributed by atoms with Crippen molar-refractivity contribution in [2.75, 3.05) is 19.0 Å². The Kier molecular flexibility index (Phi) is 4.75. The second kappa shape index (κ2) is 7.13. The fourth-order valence-electron chi connectivity index (χ4n) is 1.97. The van der Waals surface area contributed by atoms with Gasteiger partial charge in [-0.1, -0.05) is 10.3 Å². The molecule has 1 aromatic carbocycles. The first-order valence-electron chi connectivity index (χ1n) is 7.10. The van der Waals surface area contributed by atoms with Gasteiger partial charge in [0.25, 0.3) is 0 Å². The highest BCUT2D eigenvalue weighted by Crippen LogP contribution is 2.41. The Balaban J connectivity index is 1.96. The molecule has 0 fully saturated rings. The lowest BCUT2D eigenvalue weighted by Crippen LogP contribution is -2.08. The molecule has 0 unspecified atom stereocenters. The van der Waals surface area contributed by atoms with Crippen LogP contribution in [0.2, 0.25) is 0 Å². The van der Waals surface area contributed by atoms with Crippen LogP contribution in [0.1, 0.15) is 5.82 Å². The van der Waals surface area contributed by atoms with Crippen LogP contribution in [0.4, 0.5) is 28.2 Å². The van der Waals surface area contributed by atoms with Crippen molar-refractivity contribution in [1.82, 2.24) is 15.1 Å². The van der Waals surface area contributed by atoms with Gasteiger partial charge in [-0.2, -0.15) is 4.98 Å². The van der Waals surface area contributed by atoms with Crippen LogP contribution in [0.15, 0.2) is 48.7 Å². The highest BCUT2D eigenvalue weighted by atomic mass is 32.1. The predicted octanol–water partition coefficient (Wildman–Crippen LogP) is 4.44. The summed E-state index contributed by atoms with van der Waals surface area (Å²) >= 11 is 1.36. The van der Waals surface area contributed by atoms with Crippen molar-refractivity contribution < 1.29 is 9.63 Å². The molecule has 25 heavy (non-hydrogen) atoms. The molecule has 1 N–H and O–H groups in total. The number of anilines is 1. The molecule has 0 aliphatic heterocycles. The Morgan fingerprint density at radius 1 is 1.16 bits per heavy atom. The highest BCUT2D eigenvalue weighted by molar-refractivity contribution is 7.13. The van der Waals surface area contributed by atoms with Crippen molar-refractivity contribution >= 4 is 39.5 Å². The fraction of sp³-hybridized carbons (Fsp3) is 0.214. The molecule has 3 aromatic rings. The van der Waals surface area contributed by atoms with E-state index < -0.39 is 0 Å². The lowest BCUT2D eigenvalue weighted by molar-refractivity contribution is 0.421. The Morgan fingerprint density at radius 3 is 2.64 bits per heavy atom. The van der Waals surface area contributed by atoms with Crippen molar-refractivity contribution in [3.8, 4) is 5.75 Å². The molecule has 2 aromatic heterocycles. The minimum Gasteiger partial charge on any atom is -0.506 e. The Morgan fingerprint density at radius 2 is 2.00 bits per heavy atom. The third-order valence-corrected chi connectivity index (χ3v) is 3.59. The number of thiazole rings is 1. The zero-order chi connectivity index (χ0) is 17.8. The summed E-state index contributed by atoms with van der Waals surface area (Å²) in [5.41, 5.74) is 1.30. The molecule has 0 spiro atoms. The van der Waals surface area contributed by atoms with E-state index in [1.807, 2.05) is 0 Å². The van der Waals surface area contributed by atoms with E-state index in [1.54, 1.807) is 43.6 Å². The first-order valence-corrected chi connectivity index (χ1v) is 7.98. The van der Waals surface area contributed by atoms with E-state index in [1.165, 1.54) is 17.4 Å². The third-order valence-electron chi connectivity index (χ3n) is 2.93. The molecule has 10 nitrogen and oxygen atoms in total. The maximum absolute atomic E-state index is 10.3. The number of phenolic OH excluding ortho intramolecular Hbond substituents is 1. The number of aromatic nitrogens is 3. The van der Waals surface area contributed by atoms with Gasteiger partial charge in [0.1, 0.15) is 17.1 Å². The molecular formula is C14H14N8O2S. The van der Waals surface area contributed by atoms with E-state index in [0.29, 0.717) is 28.0 Å². The Labute approximate surface area is 146 Å². The molecular weight excluding hydrogens is 344 g/mol. The molecule has 2 heterocycles. The molecule has 0 saturated heterocycles. The van der Waals surface area contributed by atoms with Crippen LogP contribution < -0.4 is 4.90 Å². The average molecular weight is 358 g/mol. The van der Waals surface area contributed by atoms with Crippen LogP contribution in [-0.4, -0.2) is 34.3 Å². The van der Waals surface area contributed by atoms with Crippen LogP contribution in [0, 0.1) is 6.92 Å². The van der Waals surface area contributed by atoms with E-state index in [-0.39, 0.29) is 11.8 Å². The third kappa shape index (κ3) is 4.01. The van der Waals surface area contributed by atoms with Crippen molar-refractivity contribution in [3.63, 3.8) is 0 Å². The summed E-state index contributed by atoms with van der Waals surface area (Å²) in [6.07, 6.45) is 1.64. The van der Waals surface area contributed by atoms with Gasteiger partial charge in [-0.05, 0) is 13.0 Å². The van der Waals surface area contributed by atoms with E-state index in [4.69, 9.17) is 4.52 Å². The first-order chi connectivity index (χ1) is 12.0. The summed E-state index contributed by atoms with van der Waals surface area (Å²) in [4.78, 5) is 9.70. The number of hydrogen-bond acceptors (Lipinski definition) is 11. The topological polar surface area (TPSA) is 125 Å². The number of aryl methyl sites for hydroxylation is 1. The normalized spacial score (nSPS) is 11.6.